The first kappa shape index (κ1) is 11.4. The first-order valence-corrected chi connectivity index (χ1v) is 5.36. The Morgan fingerprint density at radius 1 is 1.21 bits per heavy atom. The van der Waals surface area contributed by atoms with E-state index >= 15 is 0 Å². The van der Waals surface area contributed by atoms with Crippen LogP contribution in [0.5, 0.6) is 0 Å². The first-order valence-electron chi connectivity index (χ1n) is 3.24. The van der Waals surface area contributed by atoms with Crippen molar-refractivity contribution in [2.45, 2.75) is 0 Å². The van der Waals surface area contributed by atoms with Gasteiger partial charge in [0, 0.05) is 23.6 Å². The molecule has 1 aliphatic rings. The third-order valence-electron chi connectivity index (χ3n) is 1.41. The fourth-order valence-electron chi connectivity index (χ4n) is 0.832. The van der Waals surface area contributed by atoms with Crippen molar-refractivity contribution in [1.29, 1.82) is 0 Å². The number of nitrogens with zero attached hydrogens (tertiary/aromatic N) is 2. The van der Waals surface area contributed by atoms with E-state index in [1.54, 1.807) is 0 Å². The summed E-state index contributed by atoms with van der Waals surface area (Å²) in [7, 11) is -4.38. The molecule has 0 aromatic carbocycles. The van der Waals surface area contributed by atoms with Gasteiger partial charge in [-0.05, 0) is 18.2 Å². The Bertz CT molecular complexity index is 461. The van der Waals surface area contributed by atoms with Gasteiger partial charge in [-0.3, -0.25) is 4.55 Å². The maximum atomic E-state index is 10.8. The van der Waals surface area contributed by atoms with Crippen LogP contribution in [-0.2, 0) is 10.1 Å². The van der Waals surface area contributed by atoms with Crippen molar-refractivity contribution in [3.05, 3.63) is 23.1 Å². The number of hydrogen-bond acceptors (Lipinski definition) is 4. The largest absolute Gasteiger partial charge is 0.296 e. The van der Waals surface area contributed by atoms with E-state index in [1.807, 2.05) is 0 Å². The molecule has 0 atom stereocenters. The molecule has 0 radical (unpaired) electrons. The second-order valence-electron chi connectivity index (χ2n) is 2.30. The van der Waals surface area contributed by atoms with Crippen molar-refractivity contribution < 1.29 is 13.0 Å². The zero-order valence-electron chi connectivity index (χ0n) is 6.55. The molecule has 0 unspecified atom stereocenters. The standard InChI is InChI=1S/C6H4Cl2N2O3S/c7-9-4-1-2-5(10-8)6(3-4)14(11,12)13/h1-3H,(H,11,12,13)/b9-4-,10-5-. The van der Waals surface area contributed by atoms with E-state index in [9.17, 15) is 8.42 Å². The summed E-state index contributed by atoms with van der Waals surface area (Å²) >= 11 is 10.2. The highest BCUT2D eigenvalue weighted by atomic mass is 35.5. The summed E-state index contributed by atoms with van der Waals surface area (Å²) in [5.41, 5.74) is 0.113. The number of halogens is 2. The molecule has 0 aliphatic heterocycles. The lowest BCUT2D eigenvalue weighted by Crippen LogP contribution is -2.15. The van der Waals surface area contributed by atoms with Gasteiger partial charge >= 0.3 is 0 Å². The predicted molar refractivity (Wildman–Crippen MR) is 55.3 cm³/mol. The van der Waals surface area contributed by atoms with Crippen molar-refractivity contribution >= 4 is 45.1 Å². The molecule has 1 N–H and O–H groups in total. The van der Waals surface area contributed by atoms with Crippen LogP contribution >= 0.6 is 23.6 Å². The fraction of sp³-hybridized carbons (Fsp3) is 0. The fourth-order valence-corrected chi connectivity index (χ4v) is 1.78. The molecule has 0 saturated heterocycles. The molecule has 0 amide bonds. The minimum atomic E-state index is -4.38. The Kier molecular flexibility index (Phi) is 3.43. The zero-order chi connectivity index (χ0) is 10.8. The van der Waals surface area contributed by atoms with Gasteiger partial charge in [-0.25, -0.2) is 0 Å². The minimum Gasteiger partial charge on any atom is -0.282 e. The average Bonchev–Trinajstić information content (AvgIpc) is 2.15. The predicted octanol–water partition coefficient (Wildman–Crippen LogP) is 1.52. The highest BCUT2D eigenvalue weighted by Gasteiger charge is 2.22. The SMILES string of the molecule is O=S(=O)(O)C1=CC(=N\Cl)/C=CC/1=N/Cl. The van der Waals surface area contributed by atoms with Crippen LogP contribution in [-0.4, -0.2) is 24.4 Å². The summed E-state index contributed by atoms with van der Waals surface area (Å²) in [6, 6.07) is 0. The van der Waals surface area contributed by atoms with Gasteiger partial charge < -0.3 is 0 Å². The lowest BCUT2D eigenvalue weighted by Gasteiger charge is -2.06. The van der Waals surface area contributed by atoms with Gasteiger partial charge in [0.2, 0.25) is 0 Å². The second-order valence-corrected chi connectivity index (χ2v) is 4.02. The van der Waals surface area contributed by atoms with Crippen LogP contribution in [0.1, 0.15) is 0 Å². The van der Waals surface area contributed by atoms with Gasteiger partial charge in [-0.2, -0.15) is 17.4 Å². The van der Waals surface area contributed by atoms with E-state index in [-0.39, 0.29) is 11.4 Å². The van der Waals surface area contributed by atoms with E-state index in [1.165, 1.54) is 12.2 Å². The average molecular weight is 255 g/mol. The number of hydrogen-bond donors (Lipinski definition) is 1. The number of rotatable bonds is 1. The van der Waals surface area contributed by atoms with Crippen LogP contribution < -0.4 is 0 Å². The van der Waals surface area contributed by atoms with Crippen molar-refractivity contribution in [2.24, 2.45) is 9.02 Å². The molecule has 0 saturated carbocycles. The van der Waals surface area contributed by atoms with Crippen LogP contribution in [0.25, 0.3) is 0 Å². The molecule has 8 heteroatoms. The Morgan fingerprint density at radius 3 is 2.29 bits per heavy atom. The Hall–Kier alpha value is -0.690. The van der Waals surface area contributed by atoms with Gasteiger partial charge in [0.15, 0.2) is 0 Å². The first-order chi connectivity index (χ1) is 6.49. The summed E-state index contributed by atoms with van der Waals surface area (Å²) in [4.78, 5) is -0.436. The van der Waals surface area contributed by atoms with E-state index in [4.69, 9.17) is 28.1 Å². The third kappa shape index (κ3) is 2.42. The molecule has 5 nitrogen and oxygen atoms in total. The molecule has 0 aromatic rings. The second kappa shape index (κ2) is 4.22. The van der Waals surface area contributed by atoms with Crippen molar-refractivity contribution in [2.75, 3.05) is 0 Å². The van der Waals surface area contributed by atoms with Gasteiger partial charge in [-0.15, -0.1) is 0 Å². The Balaban J connectivity index is 3.31. The molecule has 0 bridgehead atoms. The van der Waals surface area contributed by atoms with E-state index in [0.717, 1.165) is 6.08 Å². The smallest absolute Gasteiger partial charge is 0.282 e. The van der Waals surface area contributed by atoms with E-state index in [0.29, 0.717) is 0 Å². The molecule has 76 valence electrons. The maximum absolute atomic E-state index is 10.8. The van der Waals surface area contributed by atoms with Gasteiger partial charge in [-0.1, -0.05) is 0 Å². The number of allylic oxidation sites excluding steroid dienone is 4. The van der Waals surface area contributed by atoms with E-state index < -0.39 is 15.0 Å². The summed E-state index contributed by atoms with van der Waals surface area (Å²) < 4.78 is 36.8. The van der Waals surface area contributed by atoms with Gasteiger partial charge in [0.1, 0.15) is 4.91 Å². The molecule has 0 heterocycles. The monoisotopic (exact) mass is 254 g/mol. The van der Waals surface area contributed by atoms with Crippen LogP contribution in [0.3, 0.4) is 0 Å². The van der Waals surface area contributed by atoms with Crippen molar-refractivity contribution in [1.82, 2.24) is 0 Å². The summed E-state index contributed by atoms with van der Waals surface area (Å²) in [6.45, 7) is 0. The normalized spacial score (nSPS) is 22.9. The molecule has 0 fully saturated rings. The highest BCUT2D eigenvalue weighted by molar-refractivity contribution is 7.91. The van der Waals surface area contributed by atoms with Crippen molar-refractivity contribution in [3.8, 4) is 0 Å². The lowest BCUT2D eigenvalue weighted by molar-refractivity contribution is 0.493. The molecule has 14 heavy (non-hydrogen) atoms. The van der Waals surface area contributed by atoms with Crippen LogP contribution in [0.2, 0.25) is 0 Å². The summed E-state index contributed by atoms with van der Waals surface area (Å²) in [6.07, 6.45) is 3.74. The lowest BCUT2D eigenvalue weighted by atomic mass is 10.1. The molecule has 1 aliphatic carbocycles. The zero-order valence-corrected chi connectivity index (χ0v) is 8.88. The maximum Gasteiger partial charge on any atom is 0.296 e. The summed E-state index contributed by atoms with van der Waals surface area (Å²) in [5.74, 6) is 0. The third-order valence-corrected chi connectivity index (χ3v) is 2.67. The molecule has 1 rings (SSSR count). The Labute approximate surface area is 90.4 Å². The quantitative estimate of drug-likeness (QED) is 0.569. The molecule has 0 aromatic heterocycles. The summed E-state index contributed by atoms with van der Waals surface area (Å²) in [5, 5.41) is 0. The molecule has 0 spiro atoms. The minimum absolute atomic E-state index is 0.0711. The van der Waals surface area contributed by atoms with Gasteiger partial charge in [0.25, 0.3) is 10.1 Å². The van der Waals surface area contributed by atoms with Crippen LogP contribution in [0.15, 0.2) is 32.2 Å². The molecular formula is C6H4Cl2N2O3S. The topological polar surface area (TPSA) is 79.1 Å². The van der Waals surface area contributed by atoms with Crippen LogP contribution in [0, 0.1) is 0 Å². The van der Waals surface area contributed by atoms with Crippen LogP contribution in [0.4, 0.5) is 0 Å². The highest BCUT2D eigenvalue weighted by Crippen LogP contribution is 2.14. The molecular weight excluding hydrogens is 251 g/mol. The van der Waals surface area contributed by atoms with Gasteiger partial charge in [0.05, 0.1) is 11.4 Å². The van der Waals surface area contributed by atoms with E-state index in [2.05, 4.69) is 9.02 Å². The van der Waals surface area contributed by atoms with Crippen molar-refractivity contribution in [3.63, 3.8) is 0 Å². The Morgan fingerprint density at radius 2 is 1.86 bits per heavy atom.